The smallest absolute Gasteiger partial charge is 0.262 e. The number of hydrogen-bond acceptors (Lipinski definition) is 3. The van der Waals surface area contributed by atoms with Crippen molar-refractivity contribution in [2.75, 3.05) is 17.2 Å². The molecule has 2 N–H and O–H groups in total. The van der Waals surface area contributed by atoms with Gasteiger partial charge in [-0.05, 0) is 61.9 Å². The van der Waals surface area contributed by atoms with Crippen LogP contribution < -0.4 is 15.4 Å². The molecule has 0 aliphatic rings. The Balaban J connectivity index is 1.54. The first-order valence-corrected chi connectivity index (χ1v) is 9.46. The normalized spacial score (nSPS) is 10.3. The van der Waals surface area contributed by atoms with Crippen molar-refractivity contribution >= 4 is 34.8 Å². The van der Waals surface area contributed by atoms with Gasteiger partial charge in [0.2, 0.25) is 0 Å². The number of anilines is 2. The van der Waals surface area contributed by atoms with Gasteiger partial charge < -0.3 is 15.4 Å². The first-order valence-electron chi connectivity index (χ1n) is 9.08. The Labute approximate surface area is 174 Å². The lowest BCUT2D eigenvalue weighted by atomic mass is 10.1. The lowest BCUT2D eigenvalue weighted by molar-refractivity contribution is -0.118. The predicted octanol–water partition coefficient (Wildman–Crippen LogP) is 5.23. The van der Waals surface area contributed by atoms with E-state index in [4.69, 9.17) is 16.3 Å². The highest BCUT2D eigenvalue weighted by Crippen LogP contribution is 2.22. The Morgan fingerprint density at radius 2 is 1.62 bits per heavy atom. The lowest BCUT2D eigenvalue weighted by Gasteiger charge is -2.11. The Bertz CT molecular complexity index is 1030. The van der Waals surface area contributed by atoms with Crippen LogP contribution in [0.15, 0.2) is 66.7 Å². The van der Waals surface area contributed by atoms with Crippen LogP contribution >= 0.6 is 11.6 Å². The molecule has 0 fully saturated rings. The fourth-order valence-electron chi connectivity index (χ4n) is 2.75. The summed E-state index contributed by atoms with van der Waals surface area (Å²) in [4.78, 5) is 24.4. The van der Waals surface area contributed by atoms with Gasteiger partial charge in [0.05, 0.1) is 10.7 Å². The number of hydrogen-bond donors (Lipinski definition) is 2. The van der Waals surface area contributed by atoms with E-state index in [0.29, 0.717) is 22.0 Å². The number of carbonyl (C=O) groups excluding carboxylic acids is 2. The molecule has 0 saturated heterocycles. The van der Waals surface area contributed by atoms with Crippen LogP contribution in [0.5, 0.6) is 5.75 Å². The van der Waals surface area contributed by atoms with Gasteiger partial charge in [0, 0.05) is 11.3 Å². The average molecular weight is 409 g/mol. The number of ether oxygens (including phenoxy) is 1. The number of aryl methyl sites for hydroxylation is 2. The van der Waals surface area contributed by atoms with Crippen LogP contribution in [-0.4, -0.2) is 18.4 Å². The molecule has 0 bridgehead atoms. The summed E-state index contributed by atoms with van der Waals surface area (Å²) < 4.78 is 5.51. The van der Waals surface area contributed by atoms with E-state index in [2.05, 4.69) is 10.6 Å². The van der Waals surface area contributed by atoms with Crippen LogP contribution in [0.25, 0.3) is 0 Å². The minimum Gasteiger partial charge on any atom is -0.484 e. The number of carbonyl (C=O) groups is 2. The van der Waals surface area contributed by atoms with Gasteiger partial charge in [-0.2, -0.15) is 0 Å². The predicted molar refractivity (Wildman–Crippen MR) is 116 cm³/mol. The van der Waals surface area contributed by atoms with Gasteiger partial charge in [-0.1, -0.05) is 41.4 Å². The molecule has 0 heterocycles. The average Bonchev–Trinajstić information content (AvgIpc) is 2.70. The van der Waals surface area contributed by atoms with E-state index in [0.717, 1.165) is 16.8 Å². The van der Waals surface area contributed by atoms with E-state index in [1.165, 1.54) is 0 Å². The Morgan fingerprint density at radius 1 is 0.897 bits per heavy atom. The molecular formula is C23H21ClN2O3. The summed E-state index contributed by atoms with van der Waals surface area (Å²) in [6, 6.07) is 19.4. The SMILES string of the molecule is Cc1ccc(NC(=O)COc2ccc(C(=O)Nc3ccccc3Cl)cc2)c(C)c1. The highest BCUT2D eigenvalue weighted by Gasteiger charge is 2.10. The lowest BCUT2D eigenvalue weighted by Crippen LogP contribution is -2.20. The molecule has 0 atom stereocenters. The van der Waals surface area contributed by atoms with E-state index >= 15 is 0 Å². The van der Waals surface area contributed by atoms with Gasteiger partial charge >= 0.3 is 0 Å². The molecule has 2 amide bonds. The van der Waals surface area contributed by atoms with Gasteiger partial charge in [-0.15, -0.1) is 0 Å². The quantitative estimate of drug-likeness (QED) is 0.587. The minimum atomic E-state index is -0.280. The van der Waals surface area contributed by atoms with Crippen LogP contribution in [0.1, 0.15) is 21.5 Å². The molecule has 0 radical (unpaired) electrons. The summed E-state index contributed by atoms with van der Waals surface area (Å²) in [6.07, 6.45) is 0. The zero-order valence-corrected chi connectivity index (χ0v) is 16.9. The number of nitrogens with one attached hydrogen (secondary N) is 2. The second-order valence-corrected chi connectivity index (χ2v) is 7.02. The zero-order chi connectivity index (χ0) is 20.8. The molecule has 0 aromatic heterocycles. The van der Waals surface area contributed by atoms with Crippen molar-refractivity contribution in [2.45, 2.75) is 13.8 Å². The maximum atomic E-state index is 12.3. The standard InChI is InChI=1S/C23H21ClN2O3/c1-15-7-12-20(16(2)13-15)25-22(27)14-29-18-10-8-17(9-11-18)23(28)26-21-6-4-3-5-19(21)24/h3-13H,14H2,1-2H3,(H,25,27)(H,26,28). The first-order chi connectivity index (χ1) is 13.9. The summed E-state index contributed by atoms with van der Waals surface area (Å²) >= 11 is 6.05. The van der Waals surface area contributed by atoms with E-state index < -0.39 is 0 Å². The molecule has 0 aliphatic heterocycles. The van der Waals surface area contributed by atoms with Gasteiger partial charge in [-0.3, -0.25) is 9.59 Å². The van der Waals surface area contributed by atoms with Crippen molar-refractivity contribution in [3.63, 3.8) is 0 Å². The fraction of sp³-hybridized carbons (Fsp3) is 0.130. The van der Waals surface area contributed by atoms with Crippen molar-refractivity contribution in [1.29, 1.82) is 0 Å². The largest absolute Gasteiger partial charge is 0.484 e. The minimum absolute atomic E-state index is 0.127. The van der Waals surface area contributed by atoms with Gasteiger partial charge in [0.25, 0.3) is 11.8 Å². The second-order valence-electron chi connectivity index (χ2n) is 6.61. The molecule has 148 valence electrons. The summed E-state index contributed by atoms with van der Waals surface area (Å²) in [7, 11) is 0. The van der Waals surface area contributed by atoms with Gasteiger partial charge in [-0.25, -0.2) is 0 Å². The van der Waals surface area contributed by atoms with Crippen molar-refractivity contribution in [3.05, 3.63) is 88.4 Å². The van der Waals surface area contributed by atoms with Gasteiger partial charge in [0.1, 0.15) is 5.75 Å². The van der Waals surface area contributed by atoms with E-state index in [9.17, 15) is 9.59 Å². The Morgan fingerprint density at radius 3 is 2.31 bits per heavy atom. The molecule has 3 rings (SSSR count). The molecule has 3 aromatic rings. The Kier molecular flexibility index (Phi) is 6.52. The number of halogens is 1. The van der Waals surface area contributed by atoms with Crippen LogP contribution in [-0.2, 0) is 4.79 Å². The third-order valence-corrected chi connectivity index (χ3v) is 4.59. The number of benzene rings is 3. The highest BCUT2D eigenvalue weighted by atomic mass is 35.5. The maximum absolute atomic E-state index is 12.3. The van der Waals surface area contributed by atoms with Crippen LogP contribution in [0, 0.1) is 13.8 Å². The van der Waals surface area contributed by atoms with E-state index in [-0.39, 0.29) is 18.4 Å². The van der Waals surface area contributed by atoms with Crippen LogP contribution in [0.3, 0.4) is 0 Å². The Hall–Kier alpha value is -3.31. The van der Waals surface area contributed by atoms with Gasteiger partial charge in [0.15, 0.2) is 6.61 Å². The third kappa shape index (κ3) is 5.59. The molecule has 0 spiro atoms. The van der Waals surface area contributed by atoms with Crippen molar-refractivity contribution in [2.24, 2.45) is 0 Å². The summed E-state index contributed by atoms with van der Waals surface area (Å²) in [5.74, 6) is -0.0372. The molecule has 6 heteroatoms. The number of rotatable bonds is 6. The summed E-state index contributed by atoms with van der Waals surface area (Å²) in [6.45, 7) is 3.81. The zero-order valence-electron chi connectivity index (χ0n) is 16.2. The highest BCUT2D eigenvalue weighted by molar-refractivity contribution is 6.33. The summed E-state index contributed by atoms with van der Waals surface area (Å²) in [5.41, 5.74) is 3.89. The summed E-state index contributed by atoms with van der Waals surface area (Å²) in [5, 5.41) is 6.05. The molecular weight excluding hydrogens is 388 g/mol. The van der Waals surface area contributed by atoms with Crippen molar-refractivity contribution < 1.29 is 14.3 Å². The molecule has 5 nitrogen and oxygen atoms in total. The molecule has 0 saturated carbocycles. The topological polar surface area (TPSA) is 67.4 Å². The van der Waals surface area contributed by atoms with Crippen LogP contribution in [0.4, 0.5) is 11.4 Å². The number of para-hydroxylation sites is 1. The first kappa shape index (κ1) is 20.4. The molecule has 0 aliphatic carbocycles. The second kappa shape index (κ2) is 9.26. The maximum Gasteiger partial charge on any atom is 0.262 e. The number of amides is 2. The van der Waals surface area contributed by atoms with Crippen molar-refractivity contribution in [1.82, 2.24) is 0 Å². The monoisotopic (exact) mass is 408 g/mol. The van der Waals surface area contributed by atoms with E-state index in [1.807, 2.05) is 32.0 Å². The molecule has 3 aromatic carbocycles. The molecule has 0 unspecified atom stereocenters. The fourth-order valence-corrected chi connectivity index (χ4v) is 2.93. The van der Waals surface area contributed by atoms with Crippen LogP contribution in [0.2, 0.25) is 5.02 Å². The van der Waals surface area contributed by atoms with Crippen molar-refractivity contribution in [3.8, 4) is 5.75 Å². The van der Waals surface area contributed by atoms with E-state index in [1.54, 1.807) is 48.5 Å². The third-order valence-electron chi connectivity index (χ3n) is 4.26. The molecule has 29 heavy (non-hydrogen) atoms.